The molecule has 3 aliphatic rings. The van der Waals surface area contributed by atoms with Crippen LogP contribution in [-0.2, 0) is 23.7 Å². The average molecular weight is 2840 g/mol. The first-order chi connectivity index (χ1) is 16.0. The van der Waals surface area contributed by atoms with Crippen molar-refractivity contribution in [1.29, 1.82) is 0 Å². The Hall–Kier alpha value is 14.3. The van der Waals surface area contributed by atoms with Gasteiger partial charge in [0.25, 0.3) is 0 Å². The van der Waals surface area contributed by atoms with E-state index >= 15 is 0 Å². The van der Waals surface area contributed by atoms with E-state index in [0.717, 1.165) is 0 Å². The summed E-state index contributed by atoms with van der Waals surface area (Å²) in [6.07, 6.45) is -22.1. The summed E-state index contributed by atoms with van der Waals surface area (Å²) in [5.74, 6) is 0. The van der Waals surface area contributed by atoms with Gasteiger partial charge in [0, 0.05) is 441 Å². The van der Waals surface area contributed by atoms with E-state index in [1.165, 1.54) is 0 Å². The van der Waals surface area contributed by atoms with Gasteiger partial charge < -0.3 is 74.7 Å². The minimum atomic E-state index is -1.86. The number of rotatable bonds is 7. The second kappa shape index (κ2) is 40.1. The Morgan fingerprint density at radius 1 is 0.409 bits per heavy atom. The van der Waals surface area contributed by atoms with E-state index in [1.54, 1.807) is 0 Å². The molecule has 0 aromatic heterocycles. The molecule has 44 heavy (non-hydrogen) atoms. The third-order valence-corrected chi connectivity index (χ3v) is 6.82. The van der Waals surface area contributed by atoms with E-state index in [9.17, 15) is 51.1 Å². The van der Waals surface area contributed by atoms with Gasteiger partial charge in [0.2, 0.25) is 0 Å². The van der Waals surface area contributed by atoms with Gasteiger partial charge in [0.1, 0.15) is 78.3 Å². The summed E-state index contributed by atoms with van der Waals surface area (Å²) in [6.45, 7) is -2.14. The van der Waals surface area contributed by atoms with E-state index < -0.39 is 111 Å². The number of halogens is 1. The maximum absolute atomic E-state index is 10.6. The minimum Gasteiger partial charge on any atom is -0.394 e. The fraction of sp³-hybridized carbons (Fsp3) is 1.00. The predicted molar refractivity (Wildman–Crippen MR) is 108 cm³/mol. The molecular formula is C18H31Ac10BrO15. The molecule has 3 saturated heterocycles. The van der Waals surface area contributed by atoms with Crippen molar-refractivity contribution >= 4 is 15.9 Å². The number of alkyl halides is 1. The SMILES string of the molecule is OCC1O[C@@H](O[C@H]2C(CO)O[C@@H](O[C@H]3C(CO)O[C@@H](Br)C(O)[C@H]3O)C(O)[C@H]2O)C(O)[C@@H](O)[C@H]1O.[Ac].[Ac].[Ac].[Ac].[Ac].[Ac].[Ac].[Ac].[Ac].[Ac]. The van der Waals surface area contributed by atoms with Crippen LogP contribution in [-0.4, -0.2) is 162 Å². The van der Waals surface area contributed by atoms with E-state index in [4.69, 9.17) is 23.7 Å². The van der Waals surface area contributed by atoms with Crippen LogP contribution < -0.4 is 0 Å². The molecule has 15 atom stereocenters. The summed E-state index contributed by atoms with van der Waals surface area (Å²) in [4.78, 5) is 0. The first-order valence-electron chi connectivity index (χ1n) is 10.6. The maximum Gasteiger partial charge on any atom is 0.187 e. The molecular weight excluding hydrogens is 2810 g/mol. The summed E-state index contributed by atoms with van der Waals surface area (Å²) >= 11 is 3.00. The molecule has 0 amide bonds. The molecule has 0 bridgehead atoms. The van der Waals surface area contributed by atoms with Crippen LogP contribution in [0.4, 0.5) is 0 Å². The zero-order chi connectivity index (χ0) is 25.3. The second-order valence-corrected chi connectivity index (χ2v) is 9.20. The van der Waals surface area contributed by atoms with Crippen LogP contribution in [0.3, 0.4) is 0 Å². The Labute approximate surface area is 622 Å². The molecule has 3 rings (SSSR count). The van der Waals surface area contributed by atoms with Crippen LogP contribution in [0, 0.1) is 441 Å². The van der Waals surface area contributed by atoms with Crippen LogP contribution >= 0.6 is 15.9 Å². The van der Waals surface area contributed by atoms with Crippen molar-refractivity contribution in [3.63, 3.8) is 0 Å². The summed E-state index contributed by atoms with van der Waals surface area (Å²) < 4.78 is 27.0. The van der Waals surface area contributed by atoms with Gasteiger partial charge in [-0.2, -0.15) is 0 Å². The number of hydrogen-bond donors (Lipinski definition) is 10. The van der Waals surface area contributed by atoms with Crippen LogP contribution in [0.25, 0.3) is 0 Å². The molecule has 3 aliphatic heterocycles. The first kappa shape index (κ1) is 75.7. The van der Waals surface area contributed by atoms with Crippen molar-refractivity contribution in [2.75, 3.05) is 19.8 Å². The predicted octanol–water partition coefficient (Wildman–Crippen LogP) is -6.17. The minimum absolute atomic E-state index is 0. The number of aliphatic hydroxyl groups excluding tert-OH is 10. The van der Waals surface area contributed by atoms with Gasteiger partial charge >= 0.3 is 0 Å². The Morgan fingerprint density at radius 2 is 0.727 bits per heavy atom. The van der Waals surface area contributed by atoms with Gasteiger partial charge in [-0.1, -0.05) is 15.9 Å². The largest absolute Gasteiger partial charge is 0.394 e. The zero-order valence-corrected chi connectivity index (χ0v) is 72.5. The van der Waals surface area contributed by atoms with E-state index in [-0.39, 0.29) is 441 Å². The van der Waals surface area contributed by atoms with Crippen LogP contribution in [0.15, 0.2) is 0 Å². The van der Waals surface area contributed by atoms with Crippen LogP contribution in [0.1, 0.15) is 0 Å². The van der Waals surface area contributed by atoms with Gasteiger partial charge in [-0.3, -0.25) is 0 Å². The molecule has 3 fully saturated rings. The van der Waals surface area contributed by atoms with Gasteiger partial charge in [-0.25, -0.2) is 0 Å². The molecule has 6 unspecified atom stereocenters. The van der Waals surface area contributed by atoms with E-state index in [0.29, 0.717) is 0 Å². The fourth-order valence-electron chi connectivity index (χ4n) is 4.03. The number of aliphatic hydroxyl groups is 10. The standard InChI is InChI=1S/C18H31BrO15.10Ac/c19-16-11(27)9(25)14(5(2-21)30-16)33-18-13(29)10(26)15(6(3-22)32-18)34-17-12(28)8(24)7(23)4(1-20)31-17;;;;;;;;;;/h4-18,20-29H,1-3H2;;;;;;;;;;/t4?,5?,6?,7-,8-,9+,10+,11?,12?,13?,14-,15-,16+,17-,18-;;;;;;;;;;/m0........../s1. The Morgan fingerprint density at radius 3 is 1.11 bits per heavy atom. The number of hydrogen-bond acceptors (Lipinski definition) is 15. The molecule has 0 aliphatic carbocycles. The molecule has 3 heterocycles. The summed E-state index contributed by atoms with van der Waals surface area (Å²) in [7, 11) is 0. The first-order valence-corrected chi connectivity index (χ1v) is 11.5. The van der Waals surface area contributed by atoms with Crippen LogP contribution in [0.5, 0.6) is 0 Å². The van der Waals surface area contributed by atoms with Crippen molar-refractivity contribution in [1.82, 2.24) is 0 Å². The Balaban J connectivity index is -0.000000216. The fourth-order valence-corrected chi connectivity index (χ4v) is 4.62. The van der Waals surface area contributed by atoms with Gasteiger partial charge in [0.05, 0.1) is 19.8 Å². The molecule has 26 heteroatoms. The molecule has 10 radical (unpaired) electrons. The van der Waals surface area contributed by atoms with E-state index in [2.05, 4.69) is 15.9 Å². The quantitative estimate of drug-likeness (QED) is 0.107. The zero-order valence-electron chi connectivity index (χ0n) is 23.4. The topological polar surface area (TPSA) is 248 Å². The molecule has 0 aromatic rings. The van der Waals surface area contributed by atoms with Crippen molar-refractivity contribution in [2.24, 2.45) is 0 Å². The summed E-state index contributed by atoms with van der Waals surface area (Å²) in [6, 6.07) is 0. The molecule has 10 N–H and O–H groups in total. The molecule has 230 valence electrons. The summed E-state index contributed by atoms with van der Waals surface area (Å²) in [5, 5.41) is 99.1. The summed E-state index contributed by atoms with van der Waals surface area (Å²) in [5.41, 5.74) is 0. The van der Waals surface area contributed by atoms with Crippen LogP contribution in [0.2, 0.25) is 0 Å². The smallest absolute Gasteiger partial charge is 0.187 e. The normalized spacial score (nSPS) is 40.6. The third-order valence-electron chi connectivity index (χ3n) is 6.06. The average Bonchev–Trinajstić information content (AvgIpc) is 2.83. The maximum atomic E-state index is 10.6. The molecule has 0 spiro atoms. The number of ether oxygens (including phenoxy) is 5. The van der Waals surface area contributed by atoms with E-state index in [1.807, 2.05) is 0 Å². The van der Waals surface area contributed by atoms with Crippen molar-refractivity contribution < 1.29 is 515 Å². The van der Waals surface area contributed by atoms with Crippen molar-refractivity contribution in [3.8, 4) is 0 Å². The second-order valence-electron chi connectivity index (χ2n) is 8.29. The molecule has 0 aromatic carbocycles. The molecule has 0 saturated carbocycles. The van der Waals surface area contributed by atoms with Gasteiger partial charge in [-0.15, -0.1) is 0 Å². The van der Waals surface area contributed by atoms with Gasteiger partial charge in [0.15, 0.2) is 12.6 Å². The molecule has 15 nitrogen and oxygen atoms in total. The Bertz CT molecular complexity index is 674. The monoisotopic (exact) mass is 2840 g/mol. The Kier molecular flexibility index (Phi) is 68.9. The third kappa shape index (κ3) is 22.1. The van der Waals surface area contributed by atoms with Gasteiger partial charge in [-0.05, 0) is 0 Å². The van der Waals surface area contributed by atoms with Crippen molar-refractivity contribution in [2.45, 2.75) is 90.8 Å². The van der Waals surface area contributed by atoms with Crippen molar-refractivity contribution in [3.05, 3.63) is 0 Å².